The van der Waals surface area contributed by atoms with E-state index in [2.05, 4.69) is 0 Å². The van der Waals surface area contributed by atoms with E-state index in [9.17, 15) is 20.1 Å². The van der Waals surface area contributed by atoms with Crippen LogP contribution in [0.2, 0.25) is 0 Å². The van der Waals surface area contributed by atoms with Gasteiger partial charge in [-0.15, -0.1) is 0 Å². The number of hydrogen-bond donors (Lipinski definition) is 3. The van der Waals surface area contributed by atoms with Crippen molar-refractivity contribution in [3.63, 3.8) is 0 Å². The molecule has 2 aliphatic rings. The monoisotopic (exact) mass is 346 g/mol. The Balaban J connectivity index is 2.39. The van der Waals surface area contributed by atoms with Crippen LogP contribution in [0.15, 0.2) is 0 Å². The van der Waals surface area contributed by atoms with E-state index in [1.165, 1.54) is 14.0 Å². The fourth-order valence-corrected chi connectivity index (χ4v) is 3.62. The number of fused-ring (bicyclic) bond motifs is 1. The lowest BCUT2D eigenvalue weighted by Gasteiger charge is -2.57. The van der Waals surface area contributed by atoms with Gasteiger partial charge in [0.05, 0.1) is 42.7 Å². The molecule has 7 heteroatoms. The van der Waals surface area contributed by atoms with Crippen LogP contribution in [0.1, 0.15) is 47.5 Å². The molecule has 1 heterocycles. The lowest BCUT2D eigenvalue weighted by Crippen LogP contribution is -2.68. The van der Waals surface area contributed by atoms with E-state index in [0.717, 1.165) is 0 Å². The van der Waals surface area contributed by atoms with Gasteiger partial charge in [0.1, 0.15) is 0 Å². The fourth-order valence-electron chi connectivity index (χ4n) is 3.62. The van der Waals surface area contributed by atoms with Gasteiger partial charge >= 0.3 is 5.97 Å². The predicted octanol–water partition coefficient (Wildman–Crippen LogP) is 0.383. The average Bonchev–Trinajstić information content (AvgIpc) is 2.46. The number of carbonyl (C=O) groups is 1. The number of hydrogen-bond acceptors (Lipinski definition) is 7. The molecule has 0 aromatic heterocycles. The van der Waals surface area contributed by atoms with E-state index in [1.54, 1.807) is 0 Å². The van der Waals surface area contributed by atoms with Gasteiger partial charge in [-0.3, -0.25) is 0 Å². The first-order valence-corrected chi connectivity index (χ1v) is 8.37. The van der Waals surface area contributed by atoms with Crippen molar-refractivity contribution >= 4 is 5.97 Å². The first-order valence-electron chi connectivity index (χ1n) is 8.37. The molecule has 2 rings (SSSR count). The third-order valence-electron chi connectivity index (χ3n) is 5.73. The zero-order valence-electron chi connectivity index (χ0n) is 15.3. The van der Waals surface area contributed by atoms with Gasteiger partial charge in [0.2, 0.25) is 0 Å². The molecule has 0 amide bonds. The van der Waals surface area contributed by atoms with Gasteiger partial charge in [-0.1, -0.05) is 0 Å². The highest BCUT2D eigenvalue weighted by molar-refractivity contribution is 5.79. The topological polar surface area (TPSA) is 105 Å². The Morgan fingerprint density at radius 3 is 2.17 bits per heavy atom. The van der Waals surface area contributed by atoms with E-state index in [1.807, 2.05) is 27.7 Å². The van der Waals surface area contributed by atoms with E-state index in [4.69, 9.17) is 14.2 Å². The molecule has 140 valence electrons. The molecule has 2 unspecified atom stereocenters. The SMILES string of the molecule is COC(=O)[C@@]1(O)C[C@H]2OC(C)(C)C(C)(C)O[C@@H]2[C@H](C(O)C(C)O)C1. The molecule has 0 aromatic carbocycles. The van der Waals surface area contributed by atoms with Gasteiger partial charge in [-0.25, -0.2) is 4.79 Å². The Morgan fingerprint density at radius 1 is 1.12 bits per heavy atom. The first-order chi connectivity index (χ1) is 10.8. The minimum atomic E-state index is -1.78. The number of methoxy groups -OCH3 is 1. The molecule has 3 N–H and O–H groups in total. The molecule has 24 heavy (non-hydrogen) atoms. The van der Waals surface area contributed by atoms with E-state index in [-0.39, 0.29) is 12.8 Å². The fraction of sp³-hybridized carbons (Fsp3) is 0.941. The predicted molar refractivity (Wildman–Crippen MR) is 85.3 cm³/mol. The van der Waals surface area contributed by atoms with Crippen molar-refractivity contribution in [2.75, 3.05) is 7.11 Å². The van der Waals surface area contributed by atoms with Crippen LogP contribution in [0.25, 0.3) is 0 Å². The normalized spacial score (nSPS) is 40.3. The highest BCUT2D eigenvalue weighted by Gasteiger charge is 2.59. The average molecular weight is 346 g/mol. The third-order valence-corrected chi connectivity index (χ3v) is 5.73. The number of rotatable bonds is 3. The summed E-state index contributed by atoms with van der Waals surface area (Å²) in [6.45, 7) is 9.03. The number of esters is 1. The summed E-state index contributed by atoms with van der Waals surface area (Å²) in [6, 6.07) is 0. The maximum atomic E-state index is 12.1. The lowest BCUT2D eigenvalue weighted by atomic mass is 9.69. The summed E-state index contributed by atoms with van der Waals surface area (Å²) in [6.07, 6.45) is -3.36. The van der Waals surface area contributed by atoms with Crippen molar-refractivity contribution in [2.45, 2.75) is 88.7 Å². The molecule has 0 bridgehead atoms. The van der Waals surface area contributed by atoms with Crippen molar-refractivity contribution in [3.8, 4) is 0 Å². The standard InChI is InChI=1S/C17H30O7/c1-9(18)12(19)10-7-17(21,14(20)22-6)8-11-13(10)24-16(4,5)15(2,3)23-11/h9-13,18-19,21H,7-8H2,1-6H3/t9?,10-,11+,12?,13+,17-/m0/s1. The first kappa shape index (κ1) is 19.6. The summed E-state index contributed by atoms with van der Waals surface area (Å²) in [5.74, 6) is -1.43. The highest BCUT2D eigenvalue weighted by Crippen LogP contribution is 2.47. The van der Waals surface area contributed by atoms with Gasteiger partial charge in [0.15, 0.2) is 5.60 Å². The van der Waals surface area contributed by atoms with Crippen molar-refractivity contribution in [1.29, 1.82) is 0 Å². The zero-order valence-corrected chi connectivity index (χ0v) is 15.3. The Bertz CT molecular complexity index is 487. The van der Waals surface area contributed by atoms with E-state index >= 15 is 0 Å². The molecule has 1 aliphatic carbocycles. The Hall–Kier alpha value is -0.730. The highest BCUT2D eigenvalue weighted by atomic mass is 16.6. The van der Waals surface area contributed by atoms with Crippen LogP contribution < -0.4 is 0 Å². The summed E-state index contributed by atoms with van der Waals surface area (Å²) in [7, 11) is 1.21. The van der Waals surface area contributed by atoms with E-state index in [0.29, 0.717) is 0 Å². The van der Waals surface area contributed by atoms with Crippen molar-refractivity contribution in [2.24, 2.45) is 5.92 Å². The zero-order chi connectivity index (χ0) is 18.5. The summed E-state index contributed by atoms with van der Waals surface area (Å²) in [5, 5.41) is 31.0. The molecule has 0 spiro atoms. The summed E-state index contributed by atoms with van der Waals surface area (Å²) >= 11 is 0. The van der Waals surface area contributed by atoms with Crippen LogP contribution in [-0.2, 0) is 19.0 Å². The van der Waals surface area contributed by atoms with Crippen LogP contribution in [0.4, 0.5) is 0 Å². The molecular formula is C17H30O7. The molecule has 0 aromatic rings. The second-order valence-corrected chi connectivity index (χ2v) is 8.09. The van der Waals surface area contributed by atoms with Gasteiger partial charge < -0.3 is 29.5 Å². The molecule has 1 saturated heterocycles. The Kier molecular flexibility index (Phi) is 5.07. The van der Waals surface area contributed by atoms with Crippen LogP contribution in [-0.4, -0.2) is 69.6 Å². The van der Waals surface area contributed by atoms with Crippen molar-refractivity contribution in [1.82, 2.24) is 0 Å². The molecule has 1 saturated carbocycles. The Morgan fingerprint density at radius 2 is 1.67 bits per heavy atom. The number of aliphatic hydroxyl groups is 3. The molecule has 0 radical (unpaired) electrons. The minimum absolute atomic E-state index is 0.0207. The van der Waals surface area contributed by atoms with Gasteiger partial charge in [0, 0.05) is 12.3 Å². The molecule has 2 fully saturated rings. The molecule has 6 atom stereocenters. The van der Waals surface area contributed by atoms with Crippen molar-refractivity contribution < 1.29 is 34.3 Å². The molecular weight excluding hydrogens is 316 g/mol. The summed E-state index contributed by atoms with van der Waals surface area (Å²) < 4.78 is 17.1. The maximum absolute atomic E-state index is 12.1. The molecule has 7 nitrogen and oxygen atoms in total. The smallest absolute Gasteiger partial charge is 0.337 e. The lowest BCUT2D eigenvalue weighted by molar-refractivity contribution is -0.331. The summed E-state index contributed by atoms with van der Waals surface area (Å²) in [5.41, 5.74) is -3.06. The largest absolute Gasteiger partial charge is 0.467 e. The summed E-state index contributed by atoms with van der Waals surface area (Å²) in [4.78, 5) is 12.1. The van der Waals surface area contributed by atoms with Crippen molar-refractivity contribution in [3.05, 3.63) is 0 Å². The van der Waals surface area contributed by atoms with E-state index < -0.39 is 53.1 Å². The Labute approximate surface area is 142 Å². The van der Waals surface area contributed by atoms with Gasteiger partial charge in [-0.2, -0.15) is 0 Å². The van der Waals surface area contributed by atoms with Gasteiger partial charge in [-0.05, 0) is 41.0 Å². The number of carbonyl (C=O) groups excluding carboxylic acids is 1. The second-order valence-electron chi connectivity index (χ2n) is 8.09. The third kappa shape index (κ3) is 3.20. The number of ether oxygens (including phenoxy) is 3. The van der Waals surface area contributed by atoms with Gasteiger partial charge in [0.25, 0.3) is 0 Å². The quantitative estimate of drug-likeness (QED) is 0.635. The maximum Gasteiger partial charge on any atom is 0.337 e. The van der Waals surface area contributed by atoms with Crippen LogP contribution >= 0.6 is 0 Å². The minimum Gasteiger partial charge on any atom is -0.467 e. The van der Waals surface area contributed by atoms with Crippen LogP contribution in [0.3, 0.4) is 0 Å². The second kappa shape index (κ2) is 6.21. The number of aliphatic hydroxyl groups excluding tert-OH is 2. The van der Waals surface area contributed by atoms with Crippen LogP contribution in [0, 0.1) is 5.92 Å². The van der Waals surface area contributed by atoms with Crippen LogP contribution in [0.5, 0.6) is 0 Å². The molecule has 1 aliphatic heterocycles.